The first-order valence-corrected chi connectivity index (χ1v) is 6.72. The Morgan fingerprint density at radius 1 is 0.944 bits per heavy atom. The van der Waals surface area contributed by atoms with E-state index in [9.17, 15) is 0 Å². The summed E-state index contributed by atoms with van der Waals surface area (Å²) in [7, 11) is 0. The van der Waals surface area contributed by atoms with Gasteiger partial charge in [-0.25, -0.2) is 4.98 Å². The monoisotopic (exact) mass is 317 g/mol. The highest BCUT2D eigenvalue weighted by molar-refractivity contribution is 9.10. The van der Waals surface area contributed by atoms with Crippen molar-refractivity contribution in [3.8, 4) is 11.1 Å². The molecule has 0 fully saturated rings. The number of hydrogen-bond acceptors (Lipinski definition) is 1. The van der Waals surface area contributed by atoms with Gasteiger partial charge in [-0.05, 0) is 23.8 Å². The summed E-state index contributed by atoms with van der Waals surface area (Å²) >= 11 is 9.70. The maximum atomic E-state index is 6.26. The van der Waals surface area contributed by atoms with Crippen LogP contribution in [0, 0.1) is 0 Å². The number of aromatic nitrogens is 1. The normalized spacial score (nSPS) is 10.8. The molecule has 0 aliphatic heterocycles. The van der Waals surface area contributed by atoms with Gasteiger partial charge in [-0.3, -0.25) is 0 Å². The molecule has 0 aliphatic rings. The van der Waals surface area contributed by atoms with E-state index in [1.165, 1.54) is 0 Å². The van der Waals surface area contributed by atoms with Crippen molar-refractivity contribution in [1.29, 1.82) is 0 Å². The summed E-state index contributed by atoms with van der Waals surface area (Å²) in [6, 6.07) is 18.1. The van der Waals surface area contributed by atoms with Crippen LogP contribution in [0.5, 0.6) is 0 Å². The highest BCUT2D eigenvalue weighted by Crippen LogP contribution is 2.30. The summed E-state index contributed by atoms with van der Waals surface area (Å²) in [5.74, 6) is 0. The topological polar surface area (TPSA) is 12.9 Å². The molecule has 0 radical (unpaired) electrons. The maximum Gasteiger partial charge on any atom is 0.137 e. The van der Waals surface area contributed by atoms with Crippen LogP contribution >= 0.6 is 27.5 Å². The van der Waals surface area contributed by atoms with Crippen LogP contribution in [0.4, 0.5) is 0 Å². The number of hydrogen-bond donors (Lipinski definition) is 0. The molecule has 0 unspecified atom stereocenters. The zero-order valence-electron chi connectivity index (χ0n) is 9.40. The fourth-order valence-corrected chi connectivity index (χ4v) is 2.54. The van der Waals surface area contributed by atoms with E-state index >= 15 is 0 Å². The SMILES string of the molecule is Clc1nc2cc(Br)ccc2cc1-c1ccccc1. The third-order valence-corrected chi connectivity index (χ3v) is 3.60. The van der Waals surface area contributed by atoms with Gasteiger partial charge in [0, 0.05) is 15.4 Å². The average Bonchev–Trinajstić information content (AvgIpc) is 2.39. The molecular formula is C15H9BrClN. The summed E-state index contributed by atoms with van der Waals surface area (Å²) < 4.78 is 1.01. The maximum absolute atomic E-state index is 6.26. The molecule has 0 bridgehead atoms. The van der Waals surface area contributed by atoms with Gasteiger partial charge >= 0.3 is 0 Å². The van der Waals surface area contributed by atoms with Gasteiger partial charge in [0.2, 0.25) is 0 Å². The fraction of sp³-hybridized carbons (Fsp3) is 0. The van der Waals surface area contributed by atoms with E-state index in [-0.39, 0.29) is 0 Å². The molecule has 2 aromatic carbocycles. The number of rotatable bonds is 1. The van der Waals surface area contributed by atoms with E-state index in [0.29, 0.717) is 5.15 Å². The first kappa shape index (κ1) is 11.7. The number of nitrogens with zero attached hydrogens (tertiary/aromatic N) is 1. The van der Waals surface area contributed by atoms with Gasteiger partial charge in [0.05, 0.1) is 5.52 Å². The number of halogens is 2. The highest BCUT2D eigenvalue weighted by Gasteiger charge is 2.07. The van der Waals surface area contributed by atoms with E-state index < -0.39 is 0 Å². The molecular weight excluding hydrogens is 310 g/mol. The van der Waals surface area contributed by atoms with Gasteiger partial charge < -0.3 is 0 Å². The Bertz CT molecular complexity index is 710. The second-order valence-electron chi connectivity index (χ2n) is 4.03. The Hall–Kier alpha value is -1.38. The van der Waals surface area contributed by atoms with Crippen LogP contribution in [0.2, 0.25) is 5.15 Å². The van der Waals surface area contributed by atoms with Gasteiger partial charge in [0.15, 0.2) is 0 Å². The minimum atomic E-state index is 0.534. The van der Waals surface area contributed by atoms with E-state index in [0.717, 1.165) is 26.5 Å². The lowest BCUT2D eigenvalue weighted by Crippen LogP contribution is -1.86. The van der Waals surface area contributed by atoms with Crippen molar-refractivity contribution in [1.82, 2.24) is 4.98 Å². The molecule has 3 rings (SSSR count). The summed E-state index contributed by atoms with van der Waals surface area (Å²) in [5, 5.41) is 1.62. The van der Waals surface area contributed by atoms with Crippen molar-refractivity contribution >= 4 is 38.4 Å². The van der Waals surface area contributed by atoms with Gasteiger partial charge in [-0.2, -0.15) is 0 Å². The lowest BCUT2D eigenvalue weighted by molar-refractivity contribution is 1.40. The van der Waals surface area contributed by atoms with Gasteiger partial charge in [0.25, 0.3) is 0 Å². The molecule has 0 aliphatic carbocycles. The van der Waals surface area contributed by atoms with E-state index in [2.05, 4.69) is 27.0 Å². The molecule has 88 valence electrons. The lowest BCUT2D eigenvalue weighted by Gasteiger charge is -2.06. The second kappa shape index (κ2) is 4.71. The van der Waals surface area contributed by atoms with Crippen LogP contribution in [0.1, 0.15) is 0 Å². The van der Waals surface area contributed by atoms with Crippen LogP contribution in [-0.4, -0.2) is 4.98 Å². The van der Waals surface area contributed by atoms with Crippen molar-refractivity contribution in [2.24, 2.45) is 0 Å². The van der Waals surface area contributed by atoms with Crippen LogP contribution < -0.4 is 0 Å². The quantitative estimate of drug-likeness (QED) is 0.553. The minimum absolute atomic E-state index is 0.534. The van der Waals surface area contributed by atoms with Crippen LogP contribution in [0.25, 0.3) is 22.0 Å². The van der Waals surface area contributed by atoms with E-state index in [1.807, 2.05) is 48.5 Å². The Kier molecular flexibility index (Phi) is 3.06. The molecule has 3 aromatic rings. The third kappa shape index (κ3) is 2.14. The van der Waals surface area contributed by atoms with Gasteiger partial charge in [-0.1, -0.05) is 63.9 Å². The zero-order chi connectivity index (χ0) is 12.5. The minimum Gasteiger partial charge on any atom is -0.235 e. The van der Waals surface area contributed by atoms with Crippen molar-refractivity contribution in [2.75, 3.05) is 0 Å². The Morgan fingerprint density at radius 3 is 2.50 bits per heavy atom. The molecule has 1 aromatic heterocycles. The molecule has 18 heavy (non-hydrogen) atoms. The third-order valence-electron chi connectivity index (χ3n) is 2.82. The second-order valence-corrected chi connectivity index (χ2v) is 5.30. The average molecular weight is 319 g/mol. The first-order chi connectivity index (χ1) is 8.74. The predicted octanol–water partition coefficient (Wildman–Crippen LogP) is 5.32. The molecule has 0 atom stereocenters. The molecule has 3 heteroatoms. The lowest BCUT2D eigenvalue weighted by atomic mass is 10.1. The van der Waals surface area contributed by atoms with Crippen molar-refractivity contribution < 1.29 is 0 Å². The molecule has 1 heterocycles. The molecule has 0 spiro atoms. The summed E-state index contributed by atoms with van der Waals surface area (Å²) in [4.78, 5) is 4.45. The molecule has 1 nitrogen and oxygen atoms in total. The fourth-order valence-electron chi connectivity index (χ4n) is 1.94. The van der Waals surface area contributed by atoms with Crippen molar-refractivity contribution in [3.05, 3.63) is 64.2 Å². The number of pyridine rings is 1. The molecule has 0 N–H and O–H groups in total. The zero-order valence-corrected chi connectivity index (χ0v) is 11.7. The Labute approximate surface area is 119 Å². The number of benzene rings is 2. The Morgan fingerprint density at radius 2 is 1.72 bits per heavy atom. The van der Waals surface area contributed by atoms with Crippen LogP contribution in [0.3, 0.4) is 0 Å². The summed E-state index contributed by atoms with van der Waals surface area (Å²) in [6.45, 7) is 0. The van der Waals surface area contributed by atoms with E-state index in [4.69, 9.17) is 11.6 Å². The number of fused-ring (bicyclic) bond motifs is 1. The van der Waals surface area contributed by atoms with Crippen molar-refractivity contribution in [2.45, 2.75) is 0 Å². The predicted molar refractivity (Wildman–Crippen MR) is 79.9 cm³/mol. The Balaban J connectivity index is 2.25. The summed E-state index contributed by atoms with van der Waals surface area (Å²) in [6.07, 6.45) is 0. The largest absolute Gasteiger partial charge is 0.235 e. The molecule has 0 amide bonds. The van der Waals surface area contributed by atoms with Crippen molar-refractivity contribution in [3.63, 3.8) is 0 Å². The first-order valence-electron chi connectivity index (χ1n) is 5.55. The van der Waals surface area contributed by atoms with Crippen LogP contribution in [0.15, 0.2) is 59.1 Å². The highest BCUT2D eigenvalue weighted by atomic mass is 79.9. The molecule has 0 saturated heterocycles. The smallest absolute Gasteiger partial charge is 0.137 e. The van der Waals surface area contributed by atoms with Gasteiger partial charge in [0.1, 0.15) is 5.15 Å². The standard InChI is InChI=1S/C15H9BrClN/c16-12-7-6-11-8-13(10-4-2-1-3-5-10)15(17)18-14(11)9-12/h1-9H. The van der Waals surface area contributed by atoms with Gasteiger partial charge in [-0.15, -0.1) is 0 Å². The summed E-state index contributed by atoms with van der Waals surface area (Å²) in [5.41, 5.74) is 2.95. The molecule has 0 saturated carbocycles. The van der Waals surface area contributed by atoms with Crippen LogP contribution in [-0.2, 0) is 0 Å². The van der Waals surface area contributed by atoms with E-state index in [1.54, 1.807) is 0 Å².